The Labute approximate surface area is 228 Å². The Morgan fingerprint density at radius 3 is 2.49 bits per heavy atom. The Bertz CT molecular complexity index is 929. The van der Waals surface area contributed by atoms with Gasteiger partial charge in [-0.15, -0.1) is 22.9 Å². The fourth-order valence-corrected chi connectivity index (χ4v) is 7.05. The quantitative estimate of drug-likeness (QED) is 0.209. The molecule has 0 amide bonds. The summed E-state index contributed by atoms with van der Waals surface area (Å²) < 4.78 is 5.45. The smallest absolute Gasteiger partial charge is 0.348 e. The van der Waals surface area contributed by atoms with E-state index in [1.54, 1.807) is 6.07 Å². The monoisotopic (exact) mass is 559 g/mol. The maximum atomic E-state index is 12.4. The number of carbonyl (C=O) groups is 1. The number of rotatable bonds is 13. The van der Waals surface area contributed by atoms with Gasteiger partial charge >= 0.3 is 5.97 Å². The Kier molecular flexibility index (Phi) is 11.7. The summed E-state index contributed by atoms with van der Waals surface area (Å²) in [5.41, 5.74) is 1.08. The van der Waals surface area contributed by atoms with Crippen molar-refractivity contribution in [1.82, 2.24) is 4.90 Å². The number of hydrogen-bond donors (Lipinski definition) is 1. The molecule has 0 bridgehead atoms. The first-order valence-electron chi connectivity index (χ1n) is 12.6. The highest BCUT2D eigenvalue weighted by molar-refractivity contribution is 7.13. The van der Waals surface area contributed by atoms with E-state index in [2.05, 4.69) is 18.7 Å². The maximum Gasteiger partial charge on any atom is 0.348 e. The highest BCUT2D eigenvalue weighted by atomic mass is 35.5. The molecule has 2 aromatic rings. The summed E-state index contributed by atoms with van der Waals surface area (Å²) >= 11 is 20.4. The number of alkyl halides is 1. The van der Waals surface area contributed by atoms with Crippen LogP contribution in [0.25, 0.3) is 0 Å². The number of hydrogen-bond acceptors (Lipinski definition) is 5. The summed E-state index contributed by atoms with van der Waals surface area (Å²) in [6, 6.07) is 9.49. The van der Waals surface area contributed by atoms with E-state index in [0.717, 1.165) is 57.3 Å². The van der Waals surface area contributed by atoms with Crippen molar-refractivity contribution >= 4 is 52.1 Å². The number of ether oxygens (including phenoxy) is 1. The van der Waals surface area contributed by atoms with Gasteiger partial charge in [0.25, 0.3) is 0 Å². The lowest BCUT2D eigenvalue weighted by Gasteiger charge is -2.23. The molecule has 1 aromatic carbocycles. The minimum atomic E-state index is -0.378. The third-order valence-corrected chi connectivity index (χ3v) is 9.09. The molecule has 194 valence electrons. The fraction of sp³-hybridized carbons (Fsp3) is 0.593. The predicted octanol–water partition coefficient (Wildman–Crippen LogP) is 7.11. The summed E-state index contributed by atoms with van der Waals surface area (Å²) in [6.45, 7) is 7.29. The zero-order valence-electron chi connectivity index (χ0n) is 20.5. The summed E-state index contributed by atoms with van der Waals surface area (Å²) in [4.78, 5) is 16.4. The van der Waals surface area contributed by atoms with Crippen molar-refractivity contribution in [1.29, 1.82) is 0 Å². The number of esters is 1. The van der Waals surface area contributed by atoms with Crippen molar-refractivity contribution in [3.63, 3.8) is 0 Å². The fourth-order valence-electron chi connectivity index (χ4n) is 5.04. The minimum absolute atomic E-state index is 0.0161. The molecule has 1 heterocycles. The third-order valence-electron chi connectivity index (χ3n) is 7.02. The van der Waals surface area contributed by atoms with Crippen LogP contribution in [0.5, 0.6) is 0 Å². The molecular formula is C27H36Cl3NO3S. The SMILES string of the molecule is CCN(CC)CCOC(=O)c1ccc(CCCC2C(Cl)CC(O)C2CCc2cc(Cl)cc(Cl)c2)s1. The largest absolute Gasteiger partial charge is 0.460 e. The molecule has 1 N–H and O–H groups in total. The van der Waals surface area contributed by atoms with Gasteiger partial charge in [-0.05, 0) is 99.3 Å². The standard InChI is InChI=1S/C27H36Cl3NO3S/c1-3-31(4-2)12-13-34-27(33)26-11-9-21(35-26)6-5-7-22-23(25(32)17-24(22)30)10-8-18-14-19(28)16-20(29)15-18/h9,11,14-16,22-25,32H,3-8,10,12-13,17H2,1-2H3. The first-order chi connectivity index (χ1) is 16.8. The zero-order chi connectivity index (χ0) is 25.4. The molecule has 0 aliphatic heterocycles. The van der Waals surface area contributed by atoms with Crippen LogP contribution in [-0.2, 0) is 17.6 Å². The molecular weight excluding hydrogens is 525 g/mol. The Morgan fingerprint density at radius 1 is 1.09 bits per heavy atom. The van der Waals surface area contributed by atoms with Crippen LogP contribution < -0.4 is 0 Å². The molecule has 35 heavy (non-hydrogen) atoms. The normalized spacial score (nSPS) is 22.1. The summed E-state index contributed by atoms with van der Waals surface area (Å²) in [5, 5.41) is 11.9. The maximum absolute atomic E-state index is 12.4. The molecule has 8 heteroatoms. The van der Waals surface area contributed by atoms with Gasteiger partial charge < -0.3 is 14.7 Å². The van der Waals surface area contributed by atoms with Gasteiger partial charge in [0.1, 0.15) is 11.5 Å². The third kappa shape index (κ3) is 8.62. The van der Waals surface area contributed by atoms with Crippen molar-refractivity contribution in [2.45, 2.75) is 63.9 Å². The minimum Gasteiger partial charge on any atom is -0.460 e. The van der Waals surface area contributed by atoms with Crippen molar-refractivity contribution in [3.8, 4) is 0 Å². The van der Waals surface area contributed by atoms with E-state index in [1.807, 2.05) is 24.3 Å². The number of aliphatic hydroxyl groups excluding tert-OH is 1. The van der Waals surface area contributed by atoms with Gasteiger partial charge in [0.2, 0.25) is 0 Å². The molecule has 1 aliphatic rings. The van der Waals surface area contributed by atoms with E-state index >= 15 is 0 Å². The van der Waals surface area contributed by atoms with Crippen LogP contribution >= 0.6 is 46.1 Å². The molecule has 4 atom stereocenters. The van der Waals surface area contributed by atoms with Crippen LogP contribution in [0.15, 0.2) is 30.3 Å². The molecule has 1 fully saturated rings. The first kappa shape index (κ1) is 28.7. The molecule has 0 spiro atoms. The average molecular weight is 561 g/mol. The van der Waals surface area contributed by atoms with Crippen LogP contribution in [0.1, 0.15) is 59.6 Å². The van der Waals surface area contributed by atoms with E-state index in [-0.39, 0.29) is 29.3 Å². The van der Waals surface area contributed by atoms with E-state index in [0.29, 0.717) is 28.0 Å². The van der Waals surface area contributed by atoms with E-state index < -0.39 is 0 Å². The Hall–Kier alpha value is -0.820. The van der Waals surface area contributed by atoms with Gasteiger partial charge in [0, 0.05) is 26.8 Å². The van der Waals surface area contributed by atoms with Gasteiger partial charge in [-0.2, -0.15) is 0 Å². The highest BCUT2D eigenvalue weighted by Crippen LogP contribution is 2.42. The van der Waals surface area contributed by atoms with E-state index in [1.165, 1.54) is 16.2 Å². The van der Waals surface area contributed by atoms with Gasteiger partial charge in [0.15, 0.2) is 0 Å². The number of nitrogens with zero attached hydrogens (tertiary/aromatic N) is 1. The van der Waals surface area contributed by atoms with E-state index in [9.17, 15) is 9.90 Å². The summed E-state index contributed by atoms with van der Waals surface area (Å²) in [7, 11) is 0. The van der Waals surface area contributed by atoms with Gasteiger partial charge in [-0.3, -0.25) is 0 Å². The number of aliphatic hydroxyl groups is 1. The first-order valence-corrected chi connectivity index (χ1v) is 14.6. The van der Waals surface area contributed by atoms with E-state index in [4.69, 9.17) is 39.5 Å². The predicted molar refractivity (Wildman–Crippen MR) is 147 cm³/mol. The highest BCUT2D eigenvalue weighted by Gasteiger charge is 2.40. The molecule has 4 unspecified atom stereocenters. The number of thiophene rings is 1. The second kappa shape index (κ2) is 14.2. The molecule has 3 rings (SSSR count). The Morgan fingerprint density at radius 2 is 1.80 bits per heavy atom. The second-order valence-corrected chi connectivity index (χ2v) is 11.9. The van der Waals surface area contributed by atoms with Crippen molar-refractivity contribution in [2.75, 3.05) is 26.2 Å². The van der Waals surface area contributed by atoms with Crippen molar-refractivity contribution < 1.29 is 14.6 Å². The summed E-state index contributed by atoms with van der Waals surface area (Å²) in [6.07, 6.45) is 4.74. The van der Waals surface area contributed by atoms with Gasteiger partial charge in [-0.25, -0.2) is 4.79 Å². The molecule has 0 radical (unpaired) electrons. The second-order valence-electron chi connectivity index (χ2n) is 9.28. The summed E-state index contributed by atoms with van der Waals surface area (Å²) in [5.74, 6) is 0.190. The van der Waals surface area contributed by atoms with Crippen LogP contribution in [-0.4, -0.2) is 53.7 Å². The van der Waals surface area contributed by atoms with Crippen molar-refractivity contribution in [3.05, 3.63) is 55.7 Å². The lowest BCUT2D eigenvalue weighted by atomic mass is 9.85. The van der Waals surface area contributed by atoms with Crippen LogP contribution in [0.2, 0.25) is 10.0 Å². The molecule has 1 aliphatic carbocycles. The molecule has 4 nitrogen and oxygen atoms in total. The van der Waals surface area contributed by atoms with Crippen LogP contribution in [0.3, 0.4) is 0 Å². The number of halogens is 3. The van der Waals surface area contributed by atoms with Gasteiger partial charge in [-0.1, -0.05) is 37.0 Å². The Balaban J connectivity index is 1.46. The van der Waals surface area contributed by atoms with Gasteiger partial charge in [0.05, 0.1) is 6.10 Å². The lowest BCUT2D eigenvalue weighted by molar-refractivity contribution is 0.0472. The number of likely N-dealkylation sites (N-methyl/N-ethyl adjacent to an activating group) is 1. The number of benzene rings is 1. The number of aryl methyl sites for hydroxylation is 2. The molecule has 0 saturated heterocycles. The average Bonchev–Trinajstić information content (AvgIpc) is 3.39. The topological polar surface area (TPSA) is 49.8 Å². The molecule has 1 aromatic heterocycles. The lowest BCUT2D eigenvalue weighted by Crippen LogP contribution is -2.27. The zero-order valence-corrected chi connectivity index (χ0v) is 23.6. The van der Waals surface area contributed by atoms with Crippen LogP contribution in [0, 0.1) is 11.8 Å². The van der Waals surface area contributed by atoms with Crippen LogP contribution in [0.4, 0.5) is 0 Å². The van der Waals surface area contributed by atoms with Crippen molar-refractivity contribution in [2.24, 2.45) is 11.8 Å². The number of carbonyl (C=O) groups excluding carboxylic acids is 1. The molecule has 1 saturated carbocycles.